The summed E-state index contributed by atoms with van der Waals surface area (Å²) in [6.07, 6.45) is 4.69. The molecule has 0 radical (unpaired) electrons. The fourth-order valence-corrected chi connectivity index (χ4v) is 2.10. The molecule has 0 aliphatic heterocycles. The lowest BCUT2D eigenvalue weighted by molar-refractivity contribution is -0.114. The highest BCUT2D eigenvalue weighted by molar-refractivity contribution is 5.14. The summed E-state index contributed by atoms with van der Waals surface area (Å²) in [5.74, 6) is 0.789. The van der Waals surface area contributed by atoms with Crippen LogP contribution in [0.3, 0.4) is 0 Å². The number of nitrogens with one attached hydrogen (secondary N) is 1. The Morgan fingerprint density at radius 2 is 2.33 bits per heavy atom. The molecule has 3 unspecified atom stereocenters. The second-order valence-electron chi connectivity index (χ2n) is 4.47. The fourth-order valence-electron chi connectivity index (χ4n) is 2.10. The normalized spacial score (nSPS) is 26.9. The monoisotopic (exact) mass is 255 g/mol. The van der Waals surface area contributed by atoms with Crippen molar-refractivity contribution in [3.05, 3.63) is 12.4 Å². The lowest BCUT2D eigenvalue weighted by atomic mass is 9.85. The van der Waals surface area contributed by atoms with E-state index in [2.05, 4.69) is 10.4 Å². The largest absolute Gasteiger partial charge is 0.484 e. The quantitative estimate of drug-likeness (QED) is 0.705. The van der Waals surface area contributed by atoms with Crippen LogP contribution in [0.1, 0.15) is 6.42 Å². The Kier molecular flexibility index (Phi) is 4.57. The van der Waals surface area contributed by atoms with Gasteiger partial charge < -0.3 is 19.5 Å². The zero-order valence-corrected chi connectivity index (χ0v) is 11.1. The van der Waals surface area contributed by atoms with Crippen LogP contribution in [0.5, 0.6) is 5.75 Å². The number of methoxy groups -OCH3 is 1. The summed E-state index contributed by atoms with van der Waals surface area (Å²) in [5.41, 5.74) is 0. The van der Waals surface area contributed by atoms with Gasteiger partial charge in [-0.2, -0.15) is 5.10 Å². The zero-order valence-electron chi connectivity index (χ0n) is 11.1. The topological polar surface area (TPSA) is 57.5 Å². The first-order valence-electron chi connectivity index (χ1n) is 6.17. The van der Waals surface area contributed by atoms with Crippen LogP contribution in [0, 0.1) is 0 Å². The van der Waals surface area contributed by atoms with Crippen molar-refractivity contribution in [3.8, 4) is 5.75 Å². The van der Waals surface area contributed by atoms with Gasteiger partial charge >= 0.3 is 0 Å². The Labute approximate surface area is 107 Å². The summed E-state index contributed by atoms with van der Waals surface area (Å²) < 4.78 is 18.3. The summed E-state index contributed by atoms with van der Waals surface area (Å²) in [6.45, 7) is 1.19. The number of hydrogen-bond donors (Lipinski definition) is 1. The second kappa shape index (κ2) is 6.17. The van der Waals surface area contributed by atoms with E-state index in [1.165, 1.54) is 0 Å². The van der Waals surface area contributed by atoms with Crippen LogP contribution in [0.15, 0.2) is 12.4 Å². The highest BCUT2D eigenvalue weighted by Gasteiger charge is 2.43. The number of likely N-dealkylation sites (N-methyl/N-ethyl adjacent to an activating group) is 1. The van der Waals surface area contributed by atoms with Crippen molar-refractivity contribution < 1.29 is 14.2 Å². The lowest BCUT2D eigenvalue weighted by Gasteiger charge is -2.43. The molecule has 6 nitrogen and oxygen atoms in total. The highest BCUT2D eigenvalue weighted by atomic mass is 16.6. The van der Waals surface area contributed by atoms with E-state index in [9.17, 15) is 0 Å². The molecule has 1 aromatic rings. The van der Waals surface area contributed by atoms with Crippen LogP contribution in [-0.2, 0) is 16.5 Å². The van der Waals surface area contributed by atoms with Crippen molar-refractivity contribution in [3.63, 3.8) is 0 Å². The fraction of sp³-hybridized carbons (Fsp3) is 0.750. The van der Waals surface area contributed by atoms with Gasteiger partial charge in [0.25, 0.3) is 0 Å². The number of hydrogen-bond acceptors (Lipinski definition) is 5. The third-order valence-corrected chi connectivity index (χ3v) is 3.19. The number of ether oxygens (including phenoxy) is 3. The summed E-state index contributed by atoms with van der Waals surface area (Å²) in [6, 6.07) is 0.350. The molecule has 102 valence electrons. The van der Waals surface area contributed by atoms with E-state index < -0.39 is 0 Å². The molecule has 1 aliphatic rings. The molecule has 1 N–H and O–H groups in total. The molecular formula is C12H21N3O3. The minimum atomic E-state index is 0.0744. The summed E-state index contributed by atoms with van der Waals surface area (Å²) in [4.78, 5) is 0. The zero-order chi connectivity index (χ0) is 13.0. The molecule has 18 heavy (non-hydrogen) atoms. The van der Waals surface area contributed by atoms with E-state index in [1.807, 2.05) is 20.3 Å². The van der Waals surface area contributed by atoms with Crippen LogP contribution in [0.25, 0.3) is 0 Å². The number of nitrogens with zero attached hydrogens (tertiary/aromatic N) is 2. The van der Waals surface area contributed by atoms with Gasteiger partial charge in [-0.3, -0.25) is 4.68 Å². The van der Waals surface area contributed by atoms with Crippen LogP contribution in [-0.4, -0.2) is 55.4 Å². The minimum absolute atomic E-state index is 0.0744. The molecular weight excluding hydrogens is 234 g/mol. The van der Waals surface area contributed by atoms with Gasteiger partial charge in [0.2, 0.25) is 0 Å². The molecule has 0 saturated heterocycles. The van der Waals surface area contributed by atoms with Gasteiger partial charge in [0.1, 0.15) is 12.2 Å². The molecule has 1 fully saturated rings. The molecule has 0 amide bonds. The highest BCUT2D eigenvalue weighted by Crippen LogP contribution is 2.28. The number of aromatic nitrogens is 2. The van der Waals surface area contributed by atoms with Gasteiger partial charge in [-0.25, -0.2) is 0 Å². The van der Waals surface area contributed by atoms with Gasteiger partial charge in [-0.05, 0) is 7.05 Å². The Hall–Kier alpha value is -1.11. The van der Waals surface area contributed by atoms with Gasteiger partial charge in [0.15, 0.2) is 5.75 Å². The lowest BCUT2D eigenvalue weighted by Crippen LogP contribution is -2.60. The number of aryl methyl sites for hydroxylation is 1. The Morgan fingerprint density at radius 1 is 1.50 bits per heavy atom. The van der Waals surface area contributed by atoms with Gasteiger partial charge in [0.05, 0.1) is 25.6 Å². The molecule has 0 aromatic carbocycles. The smallest absolute Gasteiger partial charge is 0.157 e. The van der Waals surface area contributed by atoms with E-state index in [-0.39, 0.29) is 12.2 Å². The van der Waals surface area contributed by atoms with E-state index in [4.69, 9.17) is 14.2 Å². The Balaban J connectivity index is 1.84. The van der Waals surface area contributed by atoms with E-state index in [1.54, 1.807) is 18.0 Å². The van der Waals surface area contributed by atoms with Crippen LogP contribution in [0.2, 0.25) is 0 Å². The molecule has 0 bridgehead atoms. The third kappa shape index (κ3) is 3.01. The first kappa shape index (κ1) is 13.3. The van der Waals surface area contributed by atoms with Crippen LogP contribution >= 0.6 is 0 Å². The predicted octanol–water partition coefficient (Wildman–Crippen LogP) is 0.191. The molecule has 1 aromatic heterocycles. The first-order valence-corrected chi connectivity index (χ1v) is 6.17. The van der Waals surface area contributed by atoms with E-state index in [0.717, 1.165) is 12.2 Å². The molecule has 1 aliphatic carbocycles. The second-order valence-corrected chi connectivity index (χ2v) is 4.47. The average molecular weight is 255 g/mol. The maximum absolute atomic E-state index is 5.86. The van der Waals surface area contributed by atoms with Crippen molar-refractivity contribution in [1.82, 2.24) is 15.1 Å². The van der Waals surface area contributed by atoms with Gasteiger partial charge in [-0.1, -0.05) is 0 Å². The summed E-state index contributed by atoms with van der Waals surface area (Å²) in [5, 5.41) is 7.32. The van der Waals surface area contributed by atoms with Crippen LogP contribution in [0.4, 0.5) is 0 Å². The van der Waals surface area contributed by atoms with Gasteiger partial charge in [-0.15, -0.1) is 0 Å². The van der Waals surface area contributed by atoms with Gasteiger partial charge in [0, 0.05) is 26.6 Å². The number of rotatable bonds is 7. The molecule has 0 spiro atoms. The first-order chi connectivity index (χ1) is 8.74. The van der Waals surface area contributed by atoms with E-state index in [0.29, 0.717) is 19.3 Å². The molecule has 6 heteroatoms. The maximum Gasteiger partial charge on any atom is 0.157 e. The summed E-state index contributed by atoms with van der Waals surface area (Å²) in [7, 11) is 5.48. The standard InChI is InChI=1S/C12H21N3O3/c1-13-10-6-11(12(10)17-5-4-16-3)18-9-7-14-15(2)8-9/h7-8,10-13H,4-6H2,1-3H3. The SMILES string of the molecule is CNC1CC(Oc2cnn(C)c2)C1OCCOC. The summed E-state index contributed by atoms with van der Waals surface area (Å²) >= 11 is 0. The van der Waals surface area contributed by atoms with Crippen molar-refractivity contribution in [2.24, 2.45) is 7.05 Å². The molecule has 3 atom stereocenters. The van der Waals surface area contributed by atoms with Crippen molar-refractivity contribution >= 4 is 0 Å². The Bertz CT molecular complexity index is 369. The molecule has 1 heterocycles. The molecule has 2 rings (SSSR count). The maximum atomic E-state index is 5.86. The van der Waals surface area contributed by atoms with E-state index >= 15 is 0 Å². The minimum Gasteiger partial charge on any atom is -0.484 e. The van der Waals surface area contributed by atoms with Crippen molar-refractivity contribution in [2.75, 3.05) is 27.4 Å². The molecule has 1 saturated carbocycles. The Morgan fingerprint density at radius 3 is 2.94 bits per heavy atom. The van der Waals surface area contributed by atoms with Crippen molar-refractivity contribution in [2.45, 2.75) is 24.7 Å². The average Bonchev–Trinajstić information content (AvgIpc) is 2.75. The third-order valence-electron chi connectivity index (χ3n) is 3.19. The van der Waals surface area contributed by atoms with Crippen LogP contribution < -0.4 is 10.1 Å². The van der Waals surface area contributed by atoms with Crippen molar-refractivity contribution in [1.29, 1.82) is 0 Å². The predicted molar refractivity (Wildman–Crippen MR) is 66.7 cm³/mol.